The van der Waals surface area contributed by atoms with E-state index in [0.29, 0.717) is 37.4 Å². The highest BCUT2D eigenvalue weighted by molar-refractivity contribution is 5.98. The fourth-order valence-corrected chi connectivity index (χ4v) is 4.32. The van der Waals surface area contributed by atoms with Gasteiger partial charge in [-0.3, -0.25) is 9.78 Å². The molecule has 172 valence electrons. The molecule has 1 aliphatic heterocycles. The van der Waals surface area contributed by atoms with Crippen molar-refractivity contribution in [3.63, 3.8) is 0 Å². The Morgan fingerprint density at radius 3 is 2.74 bits per heavy atom. The summed E-state index contributed by atoms with van der Waals surface area (Å²) < 4.78 is 11.4. The first-order valence-electron chi connectivity index (χ1n) is 11.2. The predicted octanol–water partition coefficient (Wildman–Crippen LogP) is 3.42. The van der Waals surface area contributed by atoms with Crippen molar-refractivity contribution in [1.29, 1.82) is 0 Å². The molecule has 1 saturated heterocycles. The van der Waals surface area contributed by atoms with Gasteiger partial charge in [0, 0.05) is 30.1 Å². The van der Waals surface area contributed by atoms with Gasteiger partial charge in [0.25, 0.3) is 5.91 Å². The molecule has 0 N–H and O–H groups in total. The first-order chi connectivity index (χ1) is 16.7. The normalized spacial score (nSPS) is 15.8. The summed E-state index contributed by atoms with van der Waals surface area (Å²) in [4.78, 5) is 21.3. The minimum absolute atomic E-state index is 0.0535. The Labute approximate surface area is 197 Å². The lowest BCUT2D eigenvalue weighted by Gasteiger charge is -2.36. The number of amides is 1. The zero-order chi connectivity index (χ0) is 23.3. The molecule has 8 heteroatoms. The number of hydrogen-bond acceptors (Lipinski definition) is 6. The quantitative estimate of drug-likeness (QED) is 0.443. The summed E-state index contributed by atoms with van der Waals surface area (Å²) in [6.45, 7) is 1.51. The Kier molecular flexibility index (Phi) is 6.31. The molecule has 0 spiro atoms. The number of morpholine rings is 1. The summed E-state index contributed by atoms with van der Waals surface area (Å²) in [5.74, 6) is 0.729. The molecule has 2 aromatic heterocycles. The van der Waals surface area contributed by atoms with E-state index in [-0.39, 0.29) is 11.9 Å². The van der Waals surface area contributed by atoms with E-state index in [1.807, 2.05) is 59.6 Å². The maximum absolute atomic E-state index is 13.7. The molecule has 3 heterocycles. The third-order valence-corrected chi connectivity index (χ3v) is 5.96. The van der Waals surface area contributed by atoms with Crippen LogP contribution in [0, 0.1) is 0 Å². The number of ether oxygens (including phenoxy) is 2. The molecule has 34 heavy (non-hydrogen) atoms. The third-order valence-electron chi connectivity index (χ3n) is 5.96. The summed E-state index contributed by atoms with van der Waals surface area (Å²) in [5.41, 5.74) is 4.27. The summed E-state index contributed by atoms with van der Waals surface area (Å²) in [5, 5.41) is 8.42. The summed E-state index contributed by atoms with van der Waals surface area (Å²) in [6.07, 6.45) is 7.43. The number of para-hydroxylation sites is 1. The standard InChI is InChI=1S/C26H25N5O3/c1-33-25-9-8-19(16-23(25)20-5-4-10-27-17-20)15-21-18-34-14-13-30(21)26(32)22-6-2-3-7-24(22)31-28-11-12-29-31/h2-12,16-17,21H,13-15,18H2,1H3. The van der Waals surface area contributed by atoms with E-state index in [9.17, 15) is 4.79 Å². The van der Waals surface area contributed by atoms with Gasteiger partial charge in [0.15, 0.2) is 0 Å². The van der Waals surface area contributed by atoms with E-state index < -0.39 is 0 Å². The van der Waals surface area contributed by atoms with Crippen molar-refractivity contribution in [1.82, 2.24) is 24.9 Å². The second kappa shape index (κ2) is 9.84. The number of rotatable bonds is 6. The SMILES string of the molecule is COc1ccc(CC2COCCN2C(=O)c2ccccc2-n2nccn2)cc1-c1cccnc1. The highest BCUT2D eigenvalue weighted by Gasteiger charge is 2.30. The molecule has 1 fully saturated rings. The number of carbonyl (C=O) groups excluding carboxylic acids is 1. The van der Waals surface area contributed by atoms with Gasteiger partial charge in [-0.1, -0.05) is 24.3 Å². The smallest absolute Gasteiger partial charge is 0.256 e. The van der Waals surface area contributed by atoms with Crippen LogP contribution in [-0.2, 0) is 11.2 Å². The van der Waals surface area contributed by atoms with E-state index in [4.69, 9.17) is 9.47 Å². The summed E-state index contributed by atoms with van der Waals surface area (Å²) >= 11 is 0. The number of methoxy groups -OCH3 is 1. The first-order valence-corrected chi connectivity index (χ1v) is 11.2. The van der Waals surface area contributed by atoms with E-state index in [1.165, 1.54) is 4.80 Å². The molecule has 1 aliphatic rings. The molecular formula is C26H25N5O3. The fraction of sp³-hybridized carbons (Fsp3) is 0.231. The lowest BCUT2D eigenvalue weighted by atomic mass is 9.98. The van der Waals surface area contributed by atoms with Gasteiger partial charge in [-0.05, 0) is 42.3 Å². The Morgan fingerprint density at radius 1 is 1.09 bits per heavy atom. The topological polar surface area (TPSA) is 82.4 Å². The van der Waals surface area contributed by atoms with Gasteiger partial charge in [-0.2, -0.15) is 15.0 Å². The van der Waals surface area contributed by atoms with Crippen LogP contribution in [0.1, 0.15) is 15.9 Å². The van der Waals surface area contributed by atoms with Crippen LogP contribution in [-0.4, -0.2) is 63.7 Å². The fourth-order valence-electron chi connectivity index (χ4n) is 4.32. The summed E-state index contributed by atoms with van der Waals surface area (Å²) in [6, 6.07) is 17.3. The van der Waals surface area contributed by atoms with Crippen molar-refractivity contribution in [2.45, 2.75) is 12.5 Å². The third kappa shape index (κ3) is 4.40. The van der Waals surface area contributed by atoms with Crippen LogP contribution in [0.15, 0.2) is 79.4 Å². The van der Waals surface area contributed by atoms with Crippen LogP contribution < -0.4 is 4.74 Å². The maximum Gasteiger partial charge on any atom is 0.256 e. The van der Waals surface area contributed by atoms with Gasteiger partial charge >= 0.3 is 0 Å². The highest BCUT2D eigenvalue weighted by Crippen LogP contribution is 2.31. The van der Waals surface area contributed by atoms with Crippen molar-refractivity contribution >= 4 is 5.91 Å². The van der Waals surface area contributed by atoms with E-state index in [1.54, 1.807) is 25.7 Å². The molecule has 0 saturated carbocycles. The average Bonchev–Trinajstić information content (AvgIpc) is 3.44. The van der Waals surface area contributed by atoms with Gasteiger partial charge < -0.3 is 14.4 Å². The van der Waals surface area contributed by atoms with Gasteiger partial charge in [-0.25, -0.2) is 0 Å². The van der Waals surface area contributed by atoms with Gasteiger partial charge in [0.05, 0.1) is 50.0 Å². The van der Waals surface area contributed by atoms with Gasteiger partial charge in [-0.15, -0.1) is 0 Å². The molecule has 1 unspecified atom stereocenters. The Hall–Kier alpha value is -4.04. The molecule has 0 bridgehead atoms. The number of aromatic nitrogens is 4. The van der Waals surface area contributed by atoms with E-state index in [2.05, 4.69) is 21.2 Å². The van der Waals surface area contributed by atoms with Gasteiger partial charge in [0.1, 0.15) is 5.75 Å². The minimum Gasteiger partial charge on any atom is -0.496 e. The van der Waals surface area contributed by atoms with Crippen molar-refractivity contribution in [2.24, 2.45) is 0 Å². The average molecular weight is 456 g/mol. The lowest BCUT2D eigenvalue weighted by molar-refractivity contribution is -0.00165. The molecule has 5 rings (SSSR count). The van der Waals surface area contributed by atoms with Crippen LogP contribution in [0.25, 0.3) is 16.8 Å². The zero-order valence-corrected chi connectivity index (χ0v) is 18.9. The Balaban J connectivity index is 1.43. The number of hydrogen-bond donors (Lipinski definition) is 0. The van der Waals surface area contributed by atoms with Crippen LogP contribution in [0.3, 0.4) is 0 Å². The number of nitrogens with zero attached hydrogens (tertiary/aromatic N) is 5. The molecule has 1 amide bonds. The lowest BCUT2D eigenvalue weighted by Crippen LogP contribution is -2.50. The molecule has 0 aliphatic carbocycles. The minimum atomic E-state index is -0.102. The largest absolute Gasteiger partial charge is 0.496 e. The second-order valence-electron chi connectivity index (χ2n) is 8.04. The van der Waals surface area contributed by atoms with Crippen molar-refractivity contribution in [3.8, 4) is 22.6 Å². The van der Waals surface area contributed by atoms with Crippen LogP contribution >= 0.6 is 0 Å². The second-order valence-corrected chi connectivity index (χ2v) is 8.04. The van der Waals surface area contributed by atoms with E-state index >= 15 is 0 Å². The molecule has 0 radical (unpaired) electrons. The van der Waals surface area contributed by atoms with Crippen LogP contribution in [0.2, 0.25) is 0 Å². The molecule has 8 nitrogen and oxygen atoms in total. The zero-order valence-electron chi connectivity index (χ0n) is 18.9. The highest BCUT2D eigenvalue weighted by atomic mass is 16.5. The van der Waals surface area contributed by atoms with Crippen LogP contribution in [0.5, 0.6) is 5.75 Å². The first kappa shape index (κ1) is 21.8. The number of benzene rings is 2. The Bertz CT molecular complexity index is 1260. The molecule has 1 atom stereocenters. The number of pyridine rings is 1. The van der Waals surface area contributed by atoms with E-state index in [0.717, 1.165) is 22.4 Å². The predicted molar refractivity (Wildman–Crippen MR) is 127 cm³/mol. The molecule has 2 aromatic carbocycles. The Morgan fingerprint density at radius 2 is 1.94 bits per heavy atom. The van der Waals surface area contributed by atoms with Gasteiger partial charge in [0.2, 0.25) is 0 Å². The van der Waals surface area contributed by atoms with Crippen molar-refractivity contribution < 1.29 is 14.3 Å². The maximum atomic E-state index is 13.7. The van der Waals surface area contributed by atoms with Crippen LogP contribution in [0.4, 0.5) is 0 Å². The number of carbonyl (C=O) groups is 1. The van der Waals surface area contributed by atoms with Crippen molar-refractivity contribution in [2.75, 3.05) is 26.9 Å². The summed E-state index contributed by atoms with van der Waals surface area (Å²) in [7, 11) is 1.66. The molecular weight excluding hydrogens is 430 g/mol. The monoisotopic (exact) mass is 455 g/mol. The molecule has 4 aromatic rings. The van der Waals surface area contributed by atoms with Crippen molar-refractivity contribution in [3.05, 3.63) is 90.5 Å².